The van der Waals surface area contributed by atoms with E-state index in [1.165, 1.54) is 63.5 Å². The van der Waals surface area contributed by atoms with E-state index in [4.69, 9.17) is 28.4 Å². The van der Waals surface area contributed by atoms with Gasteiger partial charge in [0.1, 0.15) is 22.6 Å². The third-order valence-electron chi connectivity index (χ3n) is 10.6. The van der Waals surface area contributed by atoms with Gasteiger partial charge in [0.25, 0.3) is 0 Å². The summed E-state index contributed by atoms with van der Waals surface area (Å²) in [5, 5.41) is 0. The molecule has 0 radical (unpaired) electrons. The zero-order valence-electron chi connectivity index (χ0n) is 39.4. The van der Waals surface area contributed by atoms with E-state index in [0.29, 0.717) is 22.6 Å². The number of benzene rings is 2. The molecule has 0 bridgehead atoms. The minimum atomic E-state index is -0.685. The molecule has 2 aromatic rings. The van der Waals surface area contributed by atoms with Crippen LogP contribution in [0.15, 0.2) is 59.7 Å². The second-order valence-corrected chi connectivity index (χ2v) is 16.3. The normalized spacial score (nSPS) is 10.7. The van der Waals surface area contributed by atoms with Crippen LogP contribution >= 0.6 is 0 Å². The molecule has 0 aliphatic carbocycles. The van der Waals surface area contributed by atoms with Crippen molar-refractivity contribution in [3.63, 3.8) is 0 Å². The van der Waals surface area contributed by atoms with Gasteiger partial charge in [-0.25, -0.2) is 19.2 Å². The molecule has 0 saturated carbocycles. The first-order valence-corrected chi connectivity index (χ1v) is 24.4. The first kappa shape index (κ1) is 54.5. The molecule has 10 nitrogen and oxygen atoms in total. The van der Waals surface area contributed by atoms with Crippen LogP contribution in [0, 0.1) is 0 Å². The van der Waals surface area contributed by atoms with Gasteiger partial charge in [0.05, 0.1) is 26.4 Å². The Morgan fingerprint density at radius 3 is 0.841 bits per heavy atom. The van der Waals surface area contributed by atoms with Crippen molar-refractivity contribution in [1.82, 2.24) is 0 Å². The van der Waals surface area contributed by atoms with E-state index < -0.39 is 23.9 Å². The van der Waals surface area contributed by atoms with Gasteiger partial charge in [-0.15, -0.1) is 0 Å². The van der Waals surface area contributed by atoms with Crippen molar-refractivity contribution in [2.24, 2.45) is 0 Å². The third-order valence-corrected chi connectivity index (χ3v) is 10.6. The van der Waals surface area contributed by atoms with E-state index >= 15 is 0 Å². The summed E-state index contributed by atoms with van der Waals surface area (Å²) < 4.78 is 33.7. The van der Waals surface area contributed by atoms with E-state index in [0.717, 1.165) is 103 Å². The Kier molecular flexibility index (Phi) is 31.9. The molecule has 0 N–H and O–H groups in total. The topological polar surface area (TPSA) is 124 Å². The molecule has 0 amide bonds. The van der Waals surface area contributed by atoms with Crippen LogP contribution in [0.3, 0.4) is 0 Å². The summed E-state index contributed by atoms with van der Waals surface area (Å²) in [6.45, 7) is 9.62. The van der Waals surface area contributed by atoms with Gasteiger partial charge < -0.3 is 28.4 Å². The standard InChI is InChI=1S/C53H80O10/c1-5-9-13-17-21-25-37-58-50(54)48(51(55)59-38-26-22-18-14-10-6-2)41-44-29-33-46(34-30-44)62-43-63-47-35-31-45(32-36-47)42-49(52(56)60-39-27-23-19-15-11-7-3)53(57)61-40-28-24-20-16-12-8-4/h29-36,41-42H,5-28,37-40,43H2,1-4H3. The first-order valence-electron chi connectivity index (χ1n) is 24.4. The predicted octanol–water partition coefficient (Wildman–Crippen LogP) is 13.5. The molecular weight excluding hydrogens is 797 g/mol. The Morgan fingerprint density at radius 1 is 0.349 bits per heavy atom. The molecule has 0 saturated heterocycles. The molecule has 2 aromatic carbocycles. The molecular formula is C53H80O10. The molecule has 0 spiro atoms. The van der Waals surface area contributed by atoms with Gasteiger partial charge in [-0.2, -0.15) is 0 Å². The highest BCUT2D eigenvalue weighted by Gasteiger charge is 2.23. The highest BCUT2D eigenvalue weighted by molar-refractivity contribution is 6.18. The highest BCUT2D eigenvalue weighted by atomic mass is 16.7. The molecule has 0 aliphatic rings. The molecule has 0 aromatic heterocycles. The summed E-state index contributed by atoms with van der Waals surface area (Å²) in [5.41, 5.74) is 0.966. The fourth-order valence-corrected chi connectivity index (χ4v) is 6.72. The van der Waals surface area contributed by atoms with E-state index in [1.54, 1.807) is 48.5 Å². The lowest BCUT2D eigenvalue weighted by Crippen LogP contribution is -2.19. The van der Waals surface area contributed by atoms with Crippen molar-refractivity contribution in [1.29, 1.82) is 0 Å². The maximum absolute atomic E-state index is 13.1. The van der Waals surface area contributed by atoms with Crippen LogP contribution in [-0.4, -0.2) is 57.1 Å². The largest absolute Gasteiger partial charge is 0.462 e. The number of esters is 4. The first-order chi connectivity index (χ1) is 30.8. The van der Waals surface area contributed by atoms with Crippen LogP contribution in [0.4, 0.5) is 0 Å². The SMILES string of the molecule is CCCCCCCCOC(=O)C(=Cc1ccc(OCOc2ccc(C=C(C(=O)OCCCCCCCC)C(=O)OCCCCCCCC)cc2)cc1)C(=O)OCCCCCCCC. The van der Waals surface area contributed by atoms with E-state index in [2.05, 4.69) is 27.7 Å². The van der Waals surface area contributed by atoms with Crippen LogP contribution in [0.2, 0.25) is 0 Å². The van der Waals surface area contributed by atoms with Crippen LogP contribution in [0.5, 0.6) is 11.5 Å². The number of unbranched alkanes of at least 4 members (excludes halogenated alkanes) is 20. The lowest BCUT2D eigenvalue weighted by molar-refractivity contribution is -0.148. The van der Waals surface area contributed by atoms with Crippen molar-refractivity contribution in [3.8, 4) is 11.5 Å². The van der Waals surface area contributed by atoms with Crippen LogP contribution < -0.4 is 9.47 Å². The maximum Gasteiger partial charge on any atom is 0.345 e. The Bertz CT molecular complexity index is 1400. The third kappa shape index (κ3) is 26.6. The average molecular weight is 877 g/mol. The average Bonchev–Trinajstić information content (AvgIpc) is 3.29. The van der Waals surface area contributed by atoms with Gasteiger partial charge in [-0.05, 0) is 73.2 Å². The molecule has 63 heavy (non-hydrogen) atoms. The molecule has 10 heteroatoms. The summed E-state index contributed by atoms with van der Waals surface area (Å²) >= 11 is 0. The van der Waals surface area contributed by atoms with Crippen molar-refractivity contribution in [2.75, 3.05) is 33.2 Å². The molecule has 0 aliphatic heterocycles. The molecule has 352 valence electrons. The van der Waals surface area contributed by atoms with E-state index in [9.17, 15) is 19.2 Å². The Morgan fingerprint density at radius 2 is 0.587 bits per heavy atom. The molecule has 0 unspecified atom stereocenters. The highest BCUT2D eigenvalue weighted by Crippen LogP contribution is 2.20. The fraction of sp³-hybridized carbons (Fsp3) is 0.623. The van der Waals surface area contributed by atoms with Gasteiger partial charge >= 0.3 is 23.9 Å². The quantitative estimate of drug-likeness (QED) is 0.0122. The number of hydrogen-bond donors (Lipinski definition) is 0. The number of rotatable bonds is 38. The monoisotopic (exact) mass is 877 g/mol. The minimum Gasteiger partial charge on any atom is -0.462 e. The van der Waals surface area contributed by atoms with Crippen LogP contribution in [0.25, 0.3) is 12.2 Å². The summed E-state index contributed by atoms with van der Waals surface area (Å²) in [6, 6.07) is 13.9. The second-order valence-electron chi connectivity index (χ2n) is 16.3. The van der Waals surface area contributed by atoms with Gasteiger partial charge in [-0.1, -0.05) is 180 Å². The van der Waals surface area contributed by atoms with Gasteiger partial charge in [0, 0.05) is 0 Å². The van der Waals surface area contributed by atoms with Crippen molar-refractivity contribution < 1.29 is 47.6 Å². The zero-order chi connectivity index (χ0) is 45.6. The van der Waals surface area contributed by atoms with Crippen molar-refractivity contribution in [2.45, 2.75) is 182 Å². The van der Waals surface area contributed by atoms with E-state index in [1.807, 2.05) is 0 Å². The van der Waals surface area contributed by atoms with Gasteiger partial charge in [-0.3, -0.25) is 0 Å². The Hall–Kier alpha value is -4.60. The fourth-order valence-electron chi connectivity index (χ4n) is 6.72. The summed E-state index contributed by atoms with van der Waals surface area (Å²) in [4.78, 5) is 52.4. The number of carbonyl (C=O) groups excluding carboxylic acids is 4. The van der Waals surface area contributed by atoms with Crippen molar-refractivity contribution in [3.05, 3.63) is 70.8 Å². The maximum atomic E-state index is 13.1. The summed E-state index contributed by atoms with van der Waals surface area (Å²) in [6.07, 6.45) is 28.4. The van der Waals surface area contributed by atoms with Crippen LogP contribution in [-0.2, 0) is 38.1 Å². The minimum absolute atomic E-state index is 0.0913. The second kappa shape index (κ2) is 36.8. The zero-order valence-corrected chi connectivity index (χ0v) is 39.4. The number of carbonyl (C=O) groups is 4. The number of ether oxygens (including phenoxy) is 6. The van der Waals surface area contributed by atoms with Gasteiger partial charge in [0.15, 0.2) is 0 Å². The summed E-state index contributed by atoms with van der Waals surface area (Å²) in [5.74, 6) is -1.70. The van der Waals surface area contributed by atoms with Crippen LogP contribution in [0.1, 0.15) is 193 Å². The Balaban J connectivity index is 2.01. The molecule has 0 heterocycles. The van der Waals surface area contributed by atoms with E-state index in [-0.39, 0.29) is 44.4 Å². The smallest absolute Gasteiger partial charge is 0.345 e. The summed E-state index contributed by atoms with van der Waals surface area (Å²) in [7, 11) is 0. The Labute approximate surface area is 379 Å². The molecule has 2 rings (SSSR count). The number of hydrogen-bond acceptors (Lipinski definition) is 10. The molecule has 0 fully saturated rings. The lowest BCUT2D eigenvalue weighted by Gasteiger charge is -2.11. The van der Waals surface area contributed by atoms with Gasteiger partial charge in [0.2, 0.25) is 6.79 Å². The molecule has 0 atom stereocenters. The predicted molar refractivity (Wildman–Crippen MR) is 252 cm³/mol. The van der Waals surface area contributed by atoms with Crippen molar-refractivity contribution >= 4 is 36.0 Å². The lowest BCUT2D eigenvalue weighted by atomic mass is 10.1.